The molecule has 0 radical (unpaired) electrons. The van der Waals surface area contributed by atoms with Crippen molar-refractivity contribution < 1.29 is 14.3 Å². The summed E-state index contributed by atoms with van der Waals surface area (Å²) in [6.45, 7) is 4.17. The Labute approximate surface area is 194 Å². The Kier molecular flexibility index (Phi) is 8.07. The number of ether oxygens (including phenoxy) is 1. The highest BCUT2D eigenvalue weighted by molar-refractivity contribution is 5.89. The monoisotopic (exact) mass is 449 g/mol. The van der Waals surface area contributed by atoms with Crippen molar-refractivity contribution in [3.8, 4) is 0 Å². The van der Waals surface area contributed by atoms with Gasteiger partial charge in [-0.15, -0.1) is 0 Å². The van der Waals surface area contributed by atoms with Gasteiger partial charge < -0.3 is 19.9 Å². The lowest BCUT2D eigenvalue weighted by atomic mass is 10.0. The SMILES string of the molecule is CC(C)COC(=O)NC(Cc1c[nH]c2ccccc12)C(=O)NN=Cc1ccc(N(C)C)cc1. The third kappa shape index (κ3) is 6.83. The lowest BCUT2D eigenvalue weighted by Gasteiger charge is -2.17. The van der Waals surface area contributed by atoms with Gasteiger partial charge in [0.25, 0.3) is 5.91 Å². The normalized spacial score (nSPS) is 12.2. The van der Waals surface area contributed by atoms with Gasteiger partial charge in [0, 0.05) is 43.3 Å². The first kappa shape index (κ1) is 23.8. The van der Waals surface area contributed by atoms with Crippen molar-refractivity contribution in [2.24, 2.45) is 11.0 Å². The average Bonchev–Trinajstić information content (AvgIpc) is 3.20. The molecule has 174 valence electrons. The van der Waals surface area contributed by atoms with Crippen LogP contribution in [0.2, 0.25) is 0 Å². The molecule has 8 heteroatoms. The molecule has 2 amide bonds. The number of anilines is 1. The maximum Gasteiger partial charge on any atom is 0.407 e. The lowest BCUT2D eigenvalue weighted by Crippen LogP contribution is -2.47. The maximum atomic E-state index is 12.9. The van der Waals surface area contributed by atoms with Crippen LogP contribution < -0.4 is 15.6 Å². The van der Waals surface area contributed by atoms with Crippen molar-refractivity contribution in [3.05, 3.63) is 65.9 Å². The number of benzene rings is 2. The van der Waals surface area contributed by atoms with Crippen LogP contribution in [0.25, 0.3) is 10.9 Å². The number of alkyl carbamates (subject to hydrolysis) is 1. The van der Waals surface area contributed by atoms with E-state index in [1.807, 2.05) is 87.6 Å². The minimum atomic E-state index is -0.850. The Morgan fingerprint density at radius 2 is 1.85 bits per heavy atom. The minimum Gasteiger partial charge on any atom is -0.449 e. The molecule has 8 nitrogen and oxygen atoms in total. The van der Waals surface area contributed by atoms with Crippen molar-refractivity contribution in [3.63, 3.8) is 0 Å². The number of nitrogens with one attached hydrogen (secondary N) is 3. The van der Waals surface area contributed by atoms with Gasteiger partial charge in [-0.05, 0) is 35.2 Å². The van der Waals surface area contributed by atoms with E-state index in [-0.39, 0.29) is 12.5 Å². The molecule has 3 N–H and O–H groups in total. The number of hydrogen-bond donors (Lipinski definition) is 3. The minimum absolute atomic E-state index is 0.195. The number of nitrogens with zero attached hydrogens (tertiary/aromatic N) is 2. The van der Waals surface area contributed by atoms with E-state index in [1.54, 1.807) is 6.21 Å². The van der Waals surface area contributed by atoms with Crippen molar-refractivity contribution in [1.29, 1.82) is 0 Å². The summed E-state index contributed by atoms with van der Waals surface area (Å²) >= 11 is 0. The molecule has 3 rings (SSSR count). The van der Waals surface area contributed by atoms with Crippen molar-refractivity contribution in [2.75, 3.05) is 25.6 Å². The van der Waals surface area contributed by atoms with Crippen LogP contribution in [-0.4, -0.2) is 49.9 Å². The summed E-state index contributed by atoms with van der Waals surface area (Å²) in [6, 6.07) is 14.7. The number of hydrazone groups is 1. The molecule has 0 saturated carbocycles. The summed E-state index contributed by atoms with van der Waals surface area (Å²) in [6.07, 6.45) is 3.07. The Morgan fingerprint density at radius 3 is 2.55 bits per heavy atom. The van der Waals surface area contributed by atoms with Gasteiger partial charge in [0.05, 0.1) is 12.8 Å². The number of H-pyrrole nitrogens is 1. The van der Waals surface area contributed by atoms with E-state index in [4.69, 9.17) is 4.74 Å². The predicted molar refractivity (Wildman–Crippen MR) is 132 cm³/mol. The molecule has 3 aromatic rings. The third-order valence-electron chi connectivity index (χ3n) is 5.05. The molecular formula is C25H31N5O3. The third-order valence-corrected chi connectivity index (χ3v) is 5.05. The quantitative estimate of drug-likeness (QED) is 0.343. The van der Waals surface area contributed by atoms with Crippen LogP contribution >= 0.6 is 0 Å². The van der Waals surface area contributed by atoms with Gasteiger partial charge in [0.15, 0.2) is 0 Å². The molecule has 0 aliphatic carbocycles. The van der Waals surface area contributed by atoms with E-state index in [9.17, 15) is 9.59 Å². The fourth-order valence-corrected chi connectivity index (χ4v) is 3.26. The Balaban J connectivity index is 1.70. The Morgan fingerprint density at radius 1 is 1.12 bits per heavy atom. The number of amides is 2. The number of hydrogen-bond acceptors (Lipinski definition) is 5. The molecule has 0 saturated heterocycles. The van der Waals surface area contributed by atoms with E-state index in [0.717, 1.165) is 27.7 Å². The van der Waals surface area contributed by atoms with Crippen LogP contribution in [0.3, 0.4) is 0 Å². The summed E-state index contributed by atoms with van der Waals surface area (Å²) < 4.78 is 5.21. The molecular weight excluding hydrogens is 418 g/mol. The van der Waals surface area contributed by atoms with Crippen LogP contribution in [0.4, 0.5) is 10.5 Å². The number of aromatic nitrogens is 1. The molecule has 1 unspecified atom stereocenters. The van der Waals surface area contributed by atoms with Crippen molar-refractivity contribution in [1.82, 2.24) is 15.7 Å². The van der Waals surface area contributed by atoms with E-state index in [0.29, 0.717) is 6.42 Å². The fourth-order valence-electron chi connectivity index (χ4n) is 3.26. The second kappa shape index (κ2) is 11.2. The maximum absolute atomic E-state index is 12.9. The second-order valence-corrected chi connectivity index (χ2v) is 8.47. The van der Waals surface area contributed by atoms with Crippen LogP contribution in [0.1, 0.15) is 25.0 Å². The molecule has 33 heavy (non-hydrogen) atoms. The van der Waals surface area contributed by atoms with Crippen LogP contribution in [0, 0.1) is 5.92 Å². The zero-order valence-electron chi connectivity index (χ0n) is 19.5. The number of carbonyl (C=O) groups excluding carboxylic acids is 2. The second-order valence-electron chi connectivity index (χ2n) is 8.47. The highest BCUT2D eigenvalue weighted by Gasteiger charge is 2.23. The molecule has 1 atom stereocenters. The first-order valence-electron chi connectivity index (χ1n) is 10.9. The van der Waals surface area contributed by atoms with E-state index >= 15 is 0 Å². The Hall–Kier alpha value is -3.81. The van der Waals surface area contributed by atoms with Crippen molar-refractivity contribution in [2.45, 2.75) is 26.3 Å². The van der Waals surface area contributed by atoms with Crippen LogP contribution in [0.5, 0.6) is 0 Å². The summed E-state index contributed by atoms with van der Waals surface area (Å²) in [5.74, 6) is -0.233. The molecule has 0 aliphatic rings. The zero-order chi connectivity index (χ0) is 23.8. The molecule has 0 aliphatic heterocycles. The van der Waals surface area contributed by atoms with E-state index < -0.39 is 18.0 Å². The molecule has 0 spiro atoms. The van der Waals surface area contributed by atoms with Gasteiger partial charge >= 0.3 is 6.09 Å². The summed E-state index contributed by atoms with van der Waals surface area (Å²) in [7, 11) is 3.94. The summed E-state index contributed by atoms with van der Waals surface area (Å²) in [5, 5.41) is 7.75. The molecule has 1 aromatic heterocycles. The number of para-hydroxylation sites is 1. The summed E-state index contributed by atoms with van der Waals surface area (Å²) in [5.41, 5.74) is 6.33. The van der Waals surface area contributed by atoms with Gasteiger partial charge in [-0.25, -0.2) is 10.2 Å². The number of rotatable bonds is 9. The van der Waals surface area contributed by atoms with Crippen LogP contribution in [-0.2, 0) is 16.0 Å². The number of fused-ring (bicyclic) bond motifs is 1. The van der Waals surface area contributed by atoms with Crippen LogP contribution in [0.15, 0.2) is 59.8 Å². The number of aromatic amines is 1. The zero-order valence-corrected chi connectivity index (χ0v) is 19.5. The van der Waals surface area contributed by atoms with E-state index in [1.165, 1.54) is 0 Å². The molecule has 2 aromatic carbocycles. The Bertz CT molecular complexity index is 1100. The van der Waals surface area contributed by atoms with Gasteiger partial charge in [-0.2, -0.15) is 5.10 Å². The highest BCUT2D eigenvalue weighted by Crippen LogP contribution is 2.19. The first-order valence-corrected chi connectivity index (χ1v) is 10.9. The average molecular weight is 450 g/mol. The van der Waals surface area contributed by atoms with Gasteiger partial charge in [0.2, 0.25) is 0 Å². The van der Waals surface area contributed by atoms with Gasteiger partial charge in [-0.3, -0.25) is 4.79 Å². The molecule has 0 bridgehead atoms. The predicted octanol–water partition coefficient (Wildman–Crippen LogP) is 3.68. The smallest absolute Gasteiger partial charge is 0.407 e. The lowest BCUT2D eigenvalue weighted by molar-refractivity contribution is -0.123. The number of carbonyl (C=O) groups is 2. The molecule has 1 heterocycles. The largest absolute Gasteiger partial charge is 0.449 e. The first-order chi connectivity index (χ1) is 15.8. The van der Waals surface area contributed by atoms with Gasteiger partial charge in [0.1, 0.15) is 6.04 Å². The van der Waals surface area contributed by atoms with Gasteiger partial charge in [-0.1, -0.05) is 44.2 Å². The highest BCUT2D eigenvalue weighted by atomic mass is 16.5. The standard InChI is InChI=1S/C25H31N5O3/c1-17(2)16-33-25(32)28-23(13-19-15-26-22-8-6-5-7-21(19)22)24(31)29-27-14-18-9-11-20(12-10-18)30(3)4/h5-12,14-15,17,23,26H,13,16H2,1-4H3,(H,28,32)(H,29,31). The van der Waals surface area contributed by atoms with Crippen molar-refractivity contribution >= 4 is 34.8 Å². The van der Waals surface area contributed by atoms with E-state index in [2.05, 4.69) is 20.8 Å². The topological polar surface area (TPSA) is 98.8 Å². The molecule has 0 fully saturated rings. The summed E-state index contributed by atoms with van der Waals surface area (Å²) in [4.78, 5) is 30.4. The fraction of sp³-hybridized carbons (Fsp3) is 0.320.